The quantitative estimate of drug-likeness (QED) is 0.275. The Morgan fingerprint density at radius 2 is 1.86 bits per heavy atom. The average molecular weight is 602 g/mol. The molecule has 0 spiro atoms. The van der Waals surface area contributed by atoms with E-state index < -0.39 is 10.0 Å². The number of aromatic nitrogens is 7. The van der Waals surface area contributed by atoms with Gasteiger partial charge in [0.25, 0.3) is 10.0 Å². The third kappa shape index (κ3) is 6.71. The van der Waals surface area contributed by atoms with Gasteiger partial charge in [0.05, 0.1) is 46.2 Å². The molecule has 6 rings (SSSR count). The summed E-state index contributed by atoms with van der Waals surface area (Å²) < 4.78 is 27.9. The molecule has 43 heavy (non-hydrogen) atoms. The number of anilines is 3. The fourth-order valence-corrected chi connectivity index (χ4v) is 6.80. The molecular weight excluding hydrogens is 566 g/mol. The van der Waals surface area contributed by atoms with E-state index in [1.807, 2.05) is 19.3 Å². The van der Waals surface area contributed by atoms with Crippen molar-refractivity contribution in [3.63, 3.8) is 0 Å². The zero-order valence-electron chi connectivity index (χ0n) is 24.3. The van der Waals surface area contributed by atoms with Crippen LogP contribution in [0.3, 0.4) is 0 Å². The van der Waals surface area contributed by atoms with Gasteiger partial charge in [0.15, 0.2) is 5.82 Å². The fourth-order valence-electron chi connectivity index (χ4n) is 5.33. The Hall–Kier alpha value is -4.28. The predicted octanol–water partition coefficient (Wildman–Crippen LogP) is 3.19. The lowest BCUT2D eigenvalue weighted by Gasteiger charge is -2.35. The standard InChI is InChI=1S/C30H35N9O3S/c1-21(20-40)13-22-8-11-38(12-9-22)27-14-29(32-16-24(27)4-3-23-15-33-37(2)18-23)35-28-7-10-31-30(36-28)25-17-34-39(19-25)43(41,42)26-5-6-26/h7,10,14-19,21-22,26,40H,5-6,8-9,11-13,20H2,1-2H3,(H,31,32,35,36). The third-order valence-electron chi connectivity index (χ3n) is 7.87. The molecule has 0 amide bonds. The number of aryl methyl sites for hydroxylation is 1. The molecule has 4 aromatic rings. The first kappa shape index (κ1) is 28.8. The number of nitrogens with one attached hydrogen (secondary N) is 1. The SMILES string of the molecule is CC(CO)CC1CCN(c2cc(Nc3ccnc(-c4cnn(S(=O)(=O)C5CC5)c4)n3)ncc2C#Cc2cnn(C)c2)CC1. The Morgan fingerprint density at radius 3 is 2.58 bits per heavy atom. The molecule has 5 heterocycles. The van der Waals surface area contributed by atoms with Crippen LogP contribution >= 0.6 is 0 Å². The zero-order valence-corrected chi connectivity index (χ0v) is 25.1. The first-order chi connectivity index (χ1) is 20.8. The van der Waals surface area contributed by atoms with Crippen LogP contribution in [0.5, 0.6) is 0 Å². The number of hydrogen-bond donors (Lipinski definition) is 2. The summed E-state index contributed by atoms with van der Waals surface area (Å²) in [5.74, 6) is 8.88. The fraction of sp³-hybridized carbons (Fsp3) is 0.433. The van der Waals surface area contributed by atoms with Crippen LogP contribution in [0.4, 0.5) is 17.3 Å². The lowest BCUT2D eigenvalue weighted by molar-refractivity contribution is 0.203. The molecule has 1 saturated carbocycles. The van der Waals surface area contributed by atoms with Crippen LogP contribution in [0.1, 0.15) is 50.2 Å². The van der Waals surface area contributed by atoms with Gasteiger partial charge >= 0.3 is 0 Å². The molecule has 1 unspecified atom stereocenters. The third-order valence-corrected chi connectivity index (χ3v) is 9.90. The van der Waals surface area contributed by atoms with Crippen LogP contribution in [-0.4, -0.2) is 72.4 Å². The highest BCUT2D eigenvalue weighted by Gasteiger charge is 2.37. The number of pyridine rings is 1. The van der Waals surface area contributed by atoms with Gasteiger partial charge in [-0.1, -0.05) is 18.8 Å². The van der Waals surface area contributed by atoms with Gasteiger partial charge in [-0.25, -0.2) is 23.4 Å². The number of aliphatic hydroxyl groups is 1. The molecule has 2 aliphatic rings. The summed E-state index contributed by atoms with van der Waals surface area (Å²) in [5, 5.41) is 20.7. The molecule has 1 atom stereocenters. The molecule has 0 radical (unpaired) electrons. The minimum absolute atomic E-state index is 0.223. The van der Waals surface area contributed by atoms with E-state index in [0.29, 0.717) is 47.7 Å². The molecule has 1 aliphatic heterocycles. The van der Waals surface area contributed by atoms with Crippen molar-refractivity contribution in [2.45, 2.75) is 44.3 Å². The van der Waals surface area contributed by atoms with Gasteiger partial charge in [-0.15, -0.1) is 0 Å². The van der Waals surface area contributed by atoms with E-state index in [9.17, 15) is 13.5 Å². The monoisotopic (exact) mass is 601 g/mol. The summed E-state index contributed by atoms with van der Waals surface area (Å²) in [6.45, 7) is 4.10. The molecule has 2 N–H and O–H groups in total. The Morgan fingerprint density at radius 1 is 1.05 bits per heavy atom. The van der Waals surface area contributed by atoms with Crippen LogP contribution in [0, 0.1) is 23.7 Å². The highest BCUT2D eigenvalue weighted by molar-refractivity contribution is 7.90. The van der Waals surface area contributed by atoms with Crippen LogP contribution < -0.4 is 10.2 Å². The van der Waals surface area contributed by atoms with Crippen molar-refractivity contribution in [1.29, 1.82) is 0 Å². The molecule has 0 aromatic carbocycles. The highest BCUT2D eigenvalue weighted by atomic mass is 32.2. The topological polar surface area (TPSA) is 144 Å². The van der Waals surface area contributed by atoms with Crippen molar-refractivity contribution in [1.82, 2.24) is 33.9 Å². The van der Waals surface area contributed by atoms with Gasteiger partial charge in [-0.3, -0.25) is 4.68 Å². The van der Waals surface area contributed by atoms with E-state index in [1.54, 1.807) is 29.3 Å². The maximum Gasteiger partial charge on any atom is 0.256 e. The summed E-state index contributed by atoms with van der Waals surface area (Å²) in [6.07, 6.45) is 14.4. The largest absolute Gasteiger partial charge is 0.396 e. The summed E-state index contributed by atoms with van der Waals surface area (Å²) in [7, 11) is -1.61. The molecule has 224 valence electrons. The van der Waals surface area contributed by atoms with E-state index >= 15 is 0 Å². The second-order valence-electron chi connectivity index (χ2n) is 11.4. The summed E-state index contributed by atoms with van der Waals surface area (Å²) in [6, 6.07) is 3.73. The minimum atomic E-state index is -3.47. The molecular formula is C30H35N9O3S. The lowest BCUT2D eigenvalue weighted by atomic mass is 9.88. The van der Waals surface area contributed by atoms with Crippen LogP contribution in [0.2, 0.25) is 0 Å². The molecule has 4 aromatic heterocycles. The van der Waals surface area contributed by atoms with Gasteiger partial charge in [0.2, 0.25) is 0 Å². The molecule has 12 nitrogen and oxygen atoms in total. The Labute approximate surface area is 251 Å². The van der Waals surface area contributed by atoms with Gasteiger partial charge in [0.1, 0.15) is 11.6 Å². The highest BCUT2D eigenvalue weighted by Crippen LogP contribution is 2.32. The number of aliphatic hydroxyl groups excluding tert-OH is 1. The van der Waals surface area contributed by atoms with Gasteiger partial charge < -0.3 is 15.3 Å². The number of hydrogen-bond acceptors (Lipinski definition) is 10. The van der Waals surface area contributed by atoms with E-state index in [1.165, 1.54) is 12.4 Å². The van der Waals surface area contributed by atoms with Crippen LogP contribution in [-0.2, 0) is 17.1 Å². The van der Waals surface area contributed by atoms with E-state index in [2.05, 4.69) is 54.1 Å². The van der Waals surface area contributed by atoms with E-state index in [-0.39, 0.29) is 11.9 Å². The second kappa shape index (κ2) is 12.1. The van der Waals surface area contributed by atoms with Crippen LogP contribution in [0.25, 0.3) is 11.4 Å². The Balaban J connectivity index is 1.24. The lowest BCUT2D eigenvalue weighted by Crippen LogP contribution is -2.35. The van der Waals surface area contributed by atoms with Crippen molar-refractivity contribution >= 4 is 27.3 Å². The molecule has 1 saturated heterocycles. The smallest absolute Gasteiger partial charge is 0.256 e. The van der Waals surface area contributed by atoms with Crippen molar-refractivity contribution in [3.05, 3.63) is 60.4 Å². The van der Waals surface area contributed by atoms with Crippen molar-refractivity contribution < 1.29 is 13.5 Å². The predicted molar refractivity (Wildman–Crippen MR) is 163 cm³/mol. The summed E-state index contributed by atoms with van der Waals surface area (Å²) in [4.78, 5) is 15.9. The number of nitrogens with zero attached hydrogens (tertiary/aromatic N) is 8. The van der Waals surface area contributed by atoms with Gasteiger partial charge in [-0.2, -0.15) is 14.3 Å². The van der Waals surface area contributed by atoms with Gasteiger partial charge in [0, 0.05) is 51.4 Å². The number of rotatable bonds is 9. The van der Waals surface area contributed by atoms with Crippen LogP contribution in [0.15, 0.2) is 49.3 Å². The zero-order chi connectivity index (χ0) is 30.0. The Bertz CT molecular complexity index is 1760. The molecule has 13 heteroatoms. The normalized spacial score (nSPS) is 16.5. The maximum absolute atomic E-state index is 12.6. The van der Waals surface area contributed by atoms with E-state index in [4.69, 9.17) is 0 Å². The van der Waals surface area contributed by atoms with Crippen molar-refractivity contribution in [3.8, 4) is 23.2 Å². The maximum atomic E-state index is 12.6. The molecule has 0 bridgehead atoms. The van der Waals surface area contributed by atoms with Crippen molar-refractivity contribution in [2.75, 3.05) is 29.9 Å². The first-order valence-electron chi connectivity index (χ1n) is 14.5. The molecule has 1 aliphatic carbocycles. The number of piperidine rings is 1. The summed E-state index contributed by atoms with van der Waals surface area (Å²) in [5.41, 5.74) is 3.16. The minimum Gasteiger partial charge on any atom is -0.396 e. The van der Waals surface area contributed by atoms with E-state index in [0.717, 1.165) is 53.3 Å². The average Bonchev–Trinajstić information content (AvgIpc) is 3.61. The molecule has 2 fully saturated rings. The summed E-state index contributed by atoms with van der Waals surface area (Å²) >= 11 is 0. The Kier molecular flexibility index (Phi) is 8.14. The first-order valence-corrected chi connectivity index (χ1v) is 16.0. The van der Waals surface area contributed by atoms with Crippen molar-refractivity contribution in [2.24, 2.45) is 18.9 Å². The second-order valence-corrected chi connectivity index (χ2v) is 13.5. The van der Waals surface area contributed by atoms with Gasteiger partial charge in [-0.05, 0) is 50.0 Å².